The van der Waals surface area contributed by atoms with Gasteiger partial charge in [-0.05, 0) is 18.2 Å². The van der Waals surface area contributed by atoms with Crippen molar-refractivity contribution in [3.05, 3.63) is 48.0 Å². The van der Waals surface area contributed by atoms with E-state index in [1.807, 2.05) is 0 Å². The number of nitrogens with zero attached hydrogens (tertiary/aromatic N) is 4. The summed E-state index contributed by atoms with van der Waals surface area (Å²) in [5, 5.41) is 10.9. The molecule has 0 aliphatic heterocycles. The van der Waals surface area contributed by atoms with Crippen LogP contribution in [0.5, 0.6) is 0 Å². The van der Waals surface area contributed by atoms with E-state index in [1.54, 1.807) is 6.07 Å². The van der Waals surface area contributed by atoms with Crippen molar-refractivity contribution in [3.8, 4) is 22.8 Å². The molecule has 0 aliphatic carbocycles. The first-order chi connectivity index (χ1) is 9.65. The van der Waals surface area contributed by atoms with Crippen molar-refractivity contribution in [1.82, 2.24) is 20.3 Å². The summed E-state index contributed by atoms with van der Waals surface area (Å²) in [4.78, 5) is 3.96. The molecule has 0 saturated heterocycles. The molecule has 8 heteroatoms. The number of hydrogen-bond donors (Lipinski definition) is 0. The molecule has 0 radical (unpaired) electrons. The number of rotatable bonds is 2. The van der Waals surface area contributed by atoms with Crippen LogP contribution in [0.1, 0.15) is 0 Å². The first-order valence-corrected chi connectivity index (χ1v) is 5.41. The summed E-state index contributed by atoms with van der Waals surface area (Å²) in [5.74, 6) is -4.16. The lowest BCUT2D eigenvalue weighted by atomic mass is 10.2. The first-order valence-electron chi connectivity index (χ1n) is 5.41. The van der Waals surface area contributed by atoms with E-state index >= 15 is 0 Å². The Hall–Kier alpha value is -2.77. The topological polar surface area (TPSA) is 64.7 Å². The number of halogens is 3. The molecule has 100 valence electrons. The Labute approximate surface area is 110 Å². The molecule has 5 nitrogen and oxygen atoms in total. The van der Waals surface area contributed by atoms with Crippen LogP contribution in [0.3, 0.4) is 0 Å². The van der Waals surface area contributed by atoms with Gasteiger partial charge in [-0.25, -0.2) is 13.2 Å². The van der Waals surface area contributed by atoms with Gasteiger partial charge < -0.3 is 4.52 Å². The summed E-state index contributed by atoms with van der Waals surface area (Å²) in [6.45, 7) is 0. The van der Waals surface area contributed by atoms with Gasteiger partial charge in [-0.1, -0.05) is 5.16 Å². The van der Waals surface area contributed by atoms with Gasteiger partial charge in [-0.2, -0.15) is 15.2 Å². The largest absolute Gasteiger partial charge is 0.334 e. The quantitative estimate of drug-likeness (QED) is 0.674. The Morgan fingerprint density at radius 2 is 1.70 bits per heavy atom. The van der Waals surface area contributed by atoms with Gasteiger partial charge in [0.2, 0.25) is 5.82 Å². The van der Waals surface area contributed by atoms with Crippen molar-refractivity contribution < 1.29 is 17.7 Å². The fourth-order valence-electron chi connectivity index (χ4n) is 1.56. The monoisotopic (exact) mass is 278 g/mol. The van der Waals surface area contributed by atoms with E-state index in [2.05, 4.69) is 20.3 Å². The third-order valence-electron chi connectivity index (χ3n) is 2.50. The molecule has 0 unspecified atom stereocenters. The van der Waals surface area contributed by atoms with Crippen molar-refractivity contribution in [2.75, 3.05) is 0 Å². The van der Waals surface area contributed by atoms with Crippen molar-refractivity contribution in [1.29, 1.82) is 0 Å². The summed E-state index contributed by atoms with van der Waals surface area (Å²) < 4.78 is 44.0. The second-order valence-corrected chi connectivity index (χ2v) is 3.81. The van der Waals surface area contributed by atoms with Crippen LogP contribution >= 0.6 is 0 Å². The summed E-state index contributed by atoms with van der Waals surface area (Å²) in [6.07, 6.45) is 2.84. The number of hydrogen-bond acceptors (Lipinski definition) is 5. The third kappa shape index (κ3) is 2.11. The highest BCUT2D eigenvalue weighted by Crippen LogP contribution is 2.24. The Bertz CT molecular complexity index is 737. The molecule has 0 atom stereocenters. The summed E-state index contributed by atoms with van der Waals surface area (Å²) in [7, 11) is 0. The maximum atomic E-state index is 13.1. The lowest BCUT2D eigenvalue weighted by Crippen LogP contribution is -1.92. The van der Waals surface area contributed by atoms with E-state index in [0.717, 1.165) is 12.1 Å². The molecular formula is C12H5F3N4O. The summed E-state index contributed by atoms with van der Waals surface area (Å²) in [6, 6.07) is 3.15. The lowest BCUT2D eigenvalue weighted by Gasteiger charge is -1.97. The molecule has 0 fully saturated rings. The maximum Gasteiger partial charge on any atom is 0.258 e. The predicted octanol–water partition coefficient (Wildman–Crippen LogP) is 2.61. The van der Waals surface area contributed by atoms with Gasteiger partial charge in [0.25, 0.3) is 5.89 Å². The summed E-state index contributed by atoms with van der Waals surface area (Å²) >= 11 is 0. The van der Waals surface area contributed by atoms with Crippen LogP contribution in [0.4, 0.5) is 13.2 Å². The van der Waals surface area contributed by atoms with E-state index in [0.29, 0.717) is 5.56 Å². The zero-order valence-electron chi connectivity index (χ0n) is 9.72. The SMILES string of the molecule is Fc1cc(-c2nc(-c3ccnnc3)no2)cc(F)c1F. The molecule has 20 heavy (non-hydrogen) atoms. The van der Waals surface area contributed by atoms with Crippen LogP contribution in [0.15, 0.2) is 35.1 Å². The third-order valence-corrected chi connectivity index (χ3v) is 2.50. The minimum Gasteiger partial charge on any atom is -0.334 e. The molecule has 0 saturated carbocycles. The molecule has 3 rings (SSSR count). The molecule has 0 bridgehead atoms. The lowest BCUT2D eigenvalue weighted by molar-refractivity contribution is 0.427. The number of aromatic nitrogens is 4. The van der Waals surface area contributed by atoms with Gasteiger partial charge in [0.1, 0.15) is 0 Å². The molecule has 2 aromatic heterocycles. The van der Waals surface area contributed by atoms with Crippen molar-refractivity contribution in [2.24, 2.45) is 0 Å². The van der Waals surface area contributed by atoms with Gasteiger partial charge in [-0.15, -0.1) is 0 Å². The van der Waals surface area contributed by atoms with Gasteiger partial charge in [0.15, 0.2) is 17.5 Å². The van der Waals surface area contributed by atoms with Gasteiger partial charge in [-0.3, -0.25) is 0 Å². The van der Waals surface area contributed by atoms with Gasteiger partial charge in [0, 0.05) is 11.1 Å². The normalized spacial score (nSPS) is 10.8. The van der Waals surface area contributed by atoms with Gasteiger partial charge >= 0.3 is 0 Å². The molecule has 0 spiro atoms. The average molecular weight is 278 g/mol. The Balaban J connectivity index is 2.03. The Kier molecular flexibility index (Phi) is 2.90. The molecule has 0 aliphatic rings. The zero-order valence-corrected chi connectivity index (χ0v) is 9.72. The maximum absolute atomic E-state index is 13.1. The molecule has 3 aromatic rings. The van der Waals surface area contributed by atoms with Crippen molar-refractivity contribution in [3.63, 3.8) is 0 Å². The van der Waals surface area contributed by atoms with Crippen LogP contribution in [-0.4, -0.2) is 20.3 Å². The highest BCUT2D eigenvalue weighted by atomic mass is 19.2. The highest BCUT2D eigenvalue weighted by Gasteiger charge is 2.16. The standard InChI is InChI=1S/C12H5F3N4O/c13-8-3-7(4-9(14)10(8)15)12-18-11(19-20-12)6-1-2-16-17-5-6/h1-5H. The fourth-order valence-corrected chi connectivity index (χ4v) is 1.56. The second kappa shape index (κ2) is 4.72. The minimum absolute atomic E-state index is 0.0536. The van der Waals surface area contributed by atoms with E-state index in [9.17, 15) is 13.2 Å². The average Bonchev–Trinajstić information content (AvgIpc) is 2.95. The van der Waals surface area contributed by atoms with Crippen LogP contribution < -0.4 is 0 Å². The van der Waals surface area contributed by atoms with Crippen LogP contribution in [0.25, 0.3) is 22.8 Å². The molecule has 0 N–H and O–H groups in total. The van der Waals surface area contributed by atoms with Crippen LogP contribution in [0.2, 0.25) is 0 Å². The molecule has 0 amide bonds. The molecule has 1 aromatic carbocycles. The fraction of sp³-hybridized carbons (Fsp3) is 0. The minimum atomic E-state index is -1.55. The zero-order chi connectivity index (χ0) is 14.1. The molecular weight excluding hydrogens is 273 g/mol. The van der Waals surface area contributed by atoms with E-state index in [4.69, 9.17) is 4.52 Å². The van der Waals surface area contributed by atoms with Gasteiger partial charge in [0.05, 0.1) is 12.4 Å². The molecule has 2 heterocycles. The second-order valence-electron chi connectivity index (χ2n) is 3.81. The predicted molar refractivity (Wildman–Crippen MR) is 60.6 cm³/mol. The Morgan fingerprint density at radius 3 is 2.35 bits per heavy atom. The Morgan fingerprint density at radius 1 is 0.950 bits per heavy atom. The van der Waals surface area contributed by atoms with E-state index < -0.39 is 17.5 Å². The van der Waals surface area contributed by atoms with Crippen molar-refractivity contribution >= 4 is 0 Å². The number of benzene rings is 1. The highest BCUT2D eigenvalue weighted by molar-refractivity contribution is 5.58. The first kappa shape index (κ1) is 12.3. The van der Waals surface area contributed by atoms with Crippen molar-refractivity contribution in [2.45, 2.75) is 0 Å². The van der Waals surface area contributed by atoms with Crippen LogP contribution in [-0.2, 0) is 0 Å². The smallest absolute Gasteiger partial charge is 0.258 e. The van der Waals surface area contributed by atoms with E-state index in [-0.39, 0.29) is 17.3 Å². The van der Waals surface area contributed by atoms with Crippen LogP contribution in [0, 0.1) is 17.5 Å². The van der Waals surface area contributed by atoms with E-state index in [1.165, 1.54) is 12.4 Å². The summed E-state index contributed by atoms with van der Waals surface area (Å²) in [5.41, 5.74) is 0.472.